The largest absolute Gasteiger partial charge is 0.480 e. The van der Waals surface area contributed by atoms with Gasteiger partial charge < -0.3 is 10.8 Å². The van der Waals surface area contributed by atoms with E-state index in [0.717, 1.165) is 19.3 Å². The van der Waals surface area contributed by atoms with E-state index < -0.39 is 12.0 Å². The van der Waals surface area contributed by atoms with Gasteiger partial charge in [0.25, 0.3) is 0 Å². The van der Waals surface area contributed by atoms with Crippen LogP contribution in [0.5, 0.6) is 0 Å². The van der Waals surface area contributed by atoms with E-state index >= 15 is 0 Å². The number of thioether (sulfide) groups is 1. The van der Waals surface area contributed by atoms with Crippen LogP contribution in [-0.4, -0.2) is 27.6 Å². The first-order valence-electron chi connectivity index (χ1n) is 6.15. The molecular weight excluding hydrogens is 234 g/mol. The van der Waals surface area contributed by atoms with Gasteiger partial charge in [-0.2, -0.15) is 11.8 Å². The van der Waals surface area contributed by atoms with Gasteiger partial charge in [-0.3, -0.25) is 4.79 Å². The fourth-order valence-electron chi connectivity index (χ4n) is 1.98. The van der Waals surface area contributed by atoms with Crippen molar-refractivity contribution in [2.75, 3.05) is 5.75 Å². The summed E-state index contributed by atoms with van der Waals surface area (Å²) in [4.78, 5) is 10.7. The van der Waals surface area contributed by atoms with Gasteiger partial charge in [0.2, 0.25) is 0 Å². The lowest BCUT2D eigenvalue weighted by molar-refractivity contribution is -0.137. The van der Waals surface area contributed by atoms with Crippen molar-refractivity contribution in [1.82, 2.24) is 0 Å². The molecule has 0 aromatic carbocycles. The Kier molecular flexibility index (Phi) is 5.07. The van der Waals surface area contributed by atoms with Crippen LogP contribution in [0.2, 0.25) is 0 Å². The molecule has 4 heteroatoms. The number of hydrogen-bond acceptors (Lipinski definition) is 3. The molecule has 0 fully saturated rings. The fourth-order valence-corrected chi connectivity index (χ4v) is 3.15. The van der Waals surface area contributed by atoms with Gasteiger partial charge in [-0.05, 0) is 25.2 Å². The van der Waals surface area contributed by atoms with Crippen LogP contribution in [0.15, 0.2) is 11.6 Å². The molecule has 0 radical (unpaired) electrons. The summed E-state index contributed by atoms with van der Waals surface area (Å²) in [6.45, 7) is 6.66. The van der Waals surface area contributed by atoms with Gasteiger partial charge in [0.1, 0.15) is 6.04 Å². The standard InChI is InChI=1S/C13H23NO2S/c1-9(2)10-4-6-13(3,7-5-10)17-8-11(14)12(15)16/h4,9,11H,5-8,14H2,1-3H3,(H,15,16)/t11-,13?/m0/s1. The van der Waals surface area contributed by atoms with Gasteiger partial charge in [-0.1, -0.05) is 32.4 Å². The van der Waals surface area contributed by atoms with E-state index in [-0.39, 0.29) is 4.75 Å². The smallest absolute Gasteiger partial charge is 0.321 e. The lowest BCUT2D eigenvalue weighted by atomic mass is 9.85. The minimum atomic E-state index is -0.907. The van der Waals surface area contributed by atoms with Crippen LogP contribution in [0.25, 0.3) is 0 Å². The third-order valence-electron chi connectivity index (χ3n) is 3.41. The lowest BCUT2D eigenvalue weighted by Gasteiger charge is -2.33. The number of nitrogens with two attached hydrogens (primary N) is 1. The summed E-state index contributed by atoms with van der Waals surface area (Å²) in [5, 5.41) is 8.76. The minimum absolute atomic E-state index is 0.158. The van der Waals surface area contributed by atoms with Crippen molar-refractivity contribution < 1.29 is 9.90 Å². The minimum Gasteiger partial charge on any atom is -0.480 e. The van der Waals surface area contributed by atoms with Crippen molar-refractivity contribution in [2.45, 2.75) is 50.8 Å². The van der Waals surface area contributed by atoms with E-state index in [1.807, 2.05) is 0 Å². The highest BCUT2D eigenvalue weighted by Crippen LogP contribution is 2.40. The third kappa shape index (κ3) is 4.36. The highest BCUT2D eigenvalue weighted by molar-refractivity contribution is 8.00. The summed E-state index contributed by atoms with van der Waals surface area (Å²) in [7, 11) is 0. The van der Waals surface area contributed by atoms with Gasteiger partial charge in [-0.15, -0.1) is 0 Å². The van der Waals surface area contributed by atoms with Crippen molar-refractivity contribution in [1.29, 1.82) is 0 Å². The van der Waals surface area contributed by atoms with Crippen LogP contribution in [0.4, 0.5) is 0 Å². The molecular formula is C13H23NO2S. The molecule has 1 aliphatic rings. The molecule has 2 atom stereocenters. The number of aliphatic carboxylic acids is 1. The van der Waals surface area contributed by atoms with Crippen molar-refractivity contribution in [3.8, 4) is 0 Å². The predicted molar refractivity (Wildman–Crippen MR) is 73.2 cm³/mol. The summed E-state index contributed by atoms with van der Waals surface area (Å²) in [6, 6.07) is -0.743. The molecule has 0 spiro atoms. The molecule has 98 valence electrons. The second-order valence-electron chi connectivity index (χ2n) is 5.34. The molecule has 0 bridgehead atoms. The average molecular weight is 257 g/mol. The van der Waals surface area contributed by atoms with E-state index in [9.17, 15) is 4.79 Å². The lowest BCUT2D eigenvalue weighted by Crippen LogP contribution is -2.35. The van der Waals surface area contributed by atoms with Crippen molar-refractivity contribution in [2.24, 2.45) is 11.7 Å². The second-order valence-corrected chi connectivity index (χ2v) is 6.95. The zero-order valence-electron chi connectivity index (χ0n) is 10.9. The molecule has 17 heavy (non-hydrogen) atoms. The van der Waals surface area contributed by atoms with E-state index in [4.69, 9.17) is 10.8 Å². The number of allylic oxidation sites excluding steroid dienone is 2. The van der Waals surface area contributed by atoms with Gasteiger partial charge in [0, 0.05) is 10.5 Å². The highest BCUT2D eigenvalue weighted by atomic mass is 32.2. The number of carboxylic acid groups (broad SMARTS) is 1. The monoisotopic (exact) mass is 257 g/mol. The zero-order chi connectivity index (χ0) is 13.1. The van der Waals surface area contributed by atoms with Crippen molar-refractivity contribution >= 4 is 17.7 Å². The second kappa shape index (κ2) is 5.91. The van der Waals surface area contributed by atoms with E-state index in [0.29, 0.717) is 11.7 Å². The average Bonchev–Trinajstić information content (AvgIpc) is 2.26. The van der Waals surface area contributed by atoms with Crippen LogP contribution in [0.1, 0.15) is 40.0 Å². The summed E-state index contributed by atoms with van der Waals surface area (Å²) >= 11 is 1.70. The Bertz CT molecular complexity index is 315. The predicted octanol–water partition coefficient (Wildman–Crippen LogP) is 2.66. The SMILES string of the molecule is CC(C)C1=CCC(C)(SC[C@H](N)C(=O)O)CC1. The first-order valence-corrected chi connectivity index (χ1v) is 7.14. The number of carboxylic acids is 1. The number of rotatable bonds is 5. The Morgan fingerprint density at radius 3 is 2.71 bits per heavy atom. The molecule has 3 nitrogen and oxygen atoms in total. The molecule has 1 rings (SSSR count). The molecule has 0 aliphatic heterocycles. The summed E-state index contributed by atoms with van der Waals surface area (Å²) < 4.78 is 0.158. The maximum Gasteiger partial charge on any atom is 0.321 e. The molecule has 0 aromatic heterocycles. The third-order valence-corrected chi connectivity index (χ3v) is 5.00. The Labute approximate surface area is 108 Å². The van der Waals surface area contributed by atoms with Crippen LogP contribution < -0.4 is 5.73 Å². The number of hydrogen-bond donors (Lipinski definition) is 2. The molecule has 0 amide bonds. The molecule has 3 N–H and O–H groups in total. The van der Waals surface area contributed by atoms with E-state index in [1.165, 1.54) is 5.57 Å². The van der Waals surface area contributed by atoms with Gasteiger partial charge in [0.05, 0.1) is 0 Å². The molecule has 1 unspecified atom stereocenters. The first-order chi connectivity index (χ1) is 7.84. The topological polar surface area (TPSA) is 63.3 Å². The Hall–Kier alpha value is -0.480. The first kappa shape index (κ1) is 14.6. The summed E-state index contributed by atoms with van der Waals surface area (Å²) in [6.07, 6.45) is 5.60. The maximum atomic E-state index is 10.7. The van der Waals surface area contributed by atoms with Gasteiger partial charge in [-0.25, -0.2) is 0 Å². The van der Waals surface area contributed by atoms with Gasteiger partial charge in [0.15, 0.2) is 0 Å². The fraction of sp³-hybridized carbons (Fsp3) is 0.769. The summed E-state index contributed by atoms with van der Waals surface area (Å²) in [5.41, 5.74) is 7.07. The van der Waals surface area contributed by atoms with E-state index in [1.54, 1.807) is 11.8 Å². The van der Waals surface area contributed by atoms with Crippen molar-refractivity contribution in [3.05, 3.63) is 11.6 Å². The van der Waals surface area contributed by atoms with Crippen LogP contribution in [-0.2, 0) is 4.79 Å². The van der Waals surface area contributed by atoms with Gasteiger partial charge >= 0.3 is 5.97 Å². The molecule has 0 saturated carbocycles. The summed E-state index contributed by atoms with van der Waals surface area (Å²) in [5.74, 6) is 0.220. The maximum absolute atomic E-state index is 10.7. The van der Waals surface area contributed by atoms with Crippen molar-refractivity contribution in [3.63, 3.8) is 0 Å². The molecule has 0 aromatic rings. The Morgan fingerprint density at radius 2 is 2.29 bits per heavy atom. The normalized spacial score (nSPS) is 26.8. The van der Waals surface area contributed by atoms with Crippen LogP contribution >= 0.6 is 11.8 Å². The highest BCUT2D eigenvalue weighted by Gasteiger charge is 2.29. The molecule has 0 saturated heterocycles. The molecule has 0 heterocycles. The Morgan fingerprint density at radius 1 is 1.65 bits per heavy atom. The number of carbonyl (C=O) groups is 1. The van der Waals surface area contributed by atoms with Crippen LogP contribution in [0, 0.1) is 5.92 Å². The van der Waals surface area contributed by atoms with Crippen LogP contribution in [0.3, 0.4) is 0 Å². The Balaban J connectivity index is 2.47. The quantitative estimate of drug-likeness (QED) is 0.743. The zero-order valence-corrected chi connectivity index (χ0v) is 11.7. The molecule has 1 aliphatic carbocycles. The van der Waals surface area contributed by atoms with E-state index in [2.05, 4.69) is 26.8 Å².